The number of hydrogen-bond donors (Lipinski definition) is 2. The van der Waals surface area contributed by atoms with Gasteiger partial charge in [0.25, 0.3) is 0 Å². The van der Waals surface area contributed by atoms with E-state index in [1.165, 1.54) is 5.56 Å². The van der Waals surface area contributed by atoms with Crippen LogP contribution in [0, 0.1) is 13.8 Å². The summed E-state index contributed by atoms with van der Waals surface area (Å²) in [6.07, 6.45) is 0. The largest absolute Gasteiger partial charge is 0.508 e. The van der Waals surface area contributed by atoms with E-state index in [1.807, 2.05) is 71.9 Å². The topological polar surface area (TPSA) is 40.5 Å². The number of phenols is 2. The molecule has 0 aliphatic heterocycles. The van der Waals surface area contributed by atoms with E-state index in [9.17, 15) is 10.2 Å². The predicted molar refractivity (Wildman–Crippen MR) is 128 cm³/mol. The van der Waals surface area contributed by atoms with Crippen molar-refractivity contribution in [3.8, 4) is 22.6 Å². The Balaban J connectivity index is 0.000000513. The fourth-order valence-electron chi connectivity index (χ4n) is 2.51. The van der Waals surface area contributed by atoms with E-state index in [1.54, 1.807) is 12.1 Å². The maximum Gasteiger partial charge on any atom is 0.118 e. The lowest BCUT2D eigenvalue weighted by atomic mass is 10.0. The molecule has 2 nitrogen and oxygen atoms in total. The zero-order valence-electron chi connectivity index (χ0n) is 19.3. The zero-order chi connectivity index (χ0) is 22.4. The summed E-state index contributed by atoms with van der Waals surface area (Å²) >= 11 is 0. The van der Waals surface area contributed by atoms with Crippen molar-refractivity contribution in [1.82, 2.24) is 0 Å². The lowest BCUT2D eigenvalue weighted by molar-refractivity contribution is 0.470. The number of phenolic OH excluding ortho intramolecular Hbond substituents is 2. The van der Waals surface area contributed by atoms with Crippen LogP contribution in [0.15, 0.2) is 66.7 Å². The highest BCUT2D eigenvalue weighted by Gasteiger charge is 2.03. The predicted octanol–water partition coefficient (Wildman–Crippen LogP) is 8.24. The molecule has 0 bridgehead atoms. The maximum atomic E-state index is 9.45. The van der Waals surface area contributed by atoms with Gasteiger partial charge < -0.3 is 10.2 Å². The fraction of sp³-hybridized carbons (Fsp3) is 0.333. The zero-order valence-corrected chi connectivity index (χ0v) is 19.3. The van der Waals surface area contributed by atoms with Crippen molar-refractivity contribution in [3.63, 3.8) is 0 Å². The number of aryl methyl sites for hydroxylation is 2. The Bertz CT molecular complexity index is 772. The fourth-order valence-corrected chi connectivity index (χ4v) is 2.51. The number of aromatic hydroxyl groups is 2. The van der Waals surface area contributed by atoms with Gasteiger partial charge in [-0.15, -0.1) is 0 Å². The summed E-state index contributed by atoms with van der Waals surface area (Å²) in [7, 11) is 0. The molecule has 2 heteroatoms. The molecular formula is C27H38O2. The SMILES string of the molecule is CC.CC.CC(C)c1ccccc1.Cc1cc(-c2ccc(O)c(C)c2)ccc1O. The molecule has 0 saturated heterocycles. The maximum absolute atomic E-state index is 9.45. The van der Waals surface area contributed by atoms with E-state index in [4.69, 9.17) is 0 Å². The molecule has 2 N–H and O–H groups in total. The minimum absolute atomic E-state index is 0.305. The molecule has 0 aliphatic rings. The molecule has 0 aliphatic carbocycles. The van der Waals surface area contributed by atoms with Crippen LogP contribution in [0.3, 0.4) is 0 Å². The molecule has 0 saturated carbocycles. The average molecular weight is 395 g/mol. The Morgan fingerprint density at radius 1 is 0.586 bits per heavy atom. The van der Waals surface area contributed by atoms with Crippen molar-refractivity contribution in [2.45, 2.75) is 61.3 Å². The highest BCUT2D eigenvalue weighted by Crippen LogP contribution is 2.28. The molecule has 3 rings (SSSR count). The molecule has 0 aromatic heterocycles. The first-order valence-electron chi connectivity index (χ1n) is 10.5. The molecule has 0 spiro atoms. The standard InChI is InChI=1S/C14H14O2.C9H12.2C2H6/c1-9-7-11(3-5-13(9)15)12-4-6-14(16)10(2)8-12;1-8(2)9-6-4-3-5-7-9;2*1-2/h3-8,15-16H,1-2H3;3-8H,1-2H3;2*1-2H3. The van der Waals surface area contributed by atoms with Crippen LogP contribution in [0.4, 0.5) is 0 Å². The van der Waals surface area contributed by atoms with Crippen LogP contribution in [0.1, 0.15) is 64.2 Å². The number of hydrogen-bond acceptors (Lipinski definition) is 2. The summed E-state index contributed by atoms with van der Waals surface area (Å²) in [6.45, 7) is 16.1. The van der Waals surface area contributed by atoms with Crippen molar-refractivity contribution in [3.05, 3.63) is 83.4 Å². The van der Waals surface area contributed by atoms with E-state index in [-0.39, 0.29) is 0 Å². The minimum Gasteiger partial charge on any atom is -0.508 e. The Morgan fingerprint density at radius 3 is 1.24 bits per heavy atom. The lowest BCUT2D eigenvalue weighted by Crippen LogP contribution is -1.83. The summed E-state index contributed by atoms with van der Waals surface area (Å²) in [4.78, 5) is 0. The second kappa shape index (κ2) is 14.3. The Morgan fingerprint density at radius 2 is 0.966 bits per heavy atom. The monoisotopic (exact) mass is 394 g/mol. The smallest absolute Gasteiger partial charge is 0.118 e. The summed E-state index contributed by atoms with van der Waals surface area (Å²) < 4.78 is 0. The normalized spacial score (nSPS) is 9.28. The molecule has 0 heterocycles. The van der Waals surface area contributed by atoms with E-state index in [2.05, 4.69) is 38.1 Å². The second-order valence-corrected chi connectivity index (χ2v) is 6.57. The van der Waals surface area contributed by atoms with Crippen LogP contribution in [-0.4, -0.2) is 10.2 Å². The van der Waals surface area contributed by atoms with Crippen LogP contribution < -0.4 is 0 Å². The van der Waals surface area contributed by atoms with Crippen molar-refractivity contribution in [2.75, 3.05) is 0 Å². The highest BCUT2D eigenvalue weighted by molar-refractivity contribution is 5.67. The quantitative estimate of drug-likeness (QED) is 0.459. The molecule has 0 fully saturated rings. The van der Waals surface area contributed by atoms with Crippen LogP contribution in [-0.2, 0) is 0 Å². The summed E-state index contributed by atoms with van der Waals surface area (Å²) in [5, 5.41) is 18.9. The van der Waals surface area contributed by atoms with Crippen molar-refractivity contribution < 1.29 is 10.2 Å². The van der Waals surface area contributed by atoms with Gasteiger partial charge in [0.05, 0.1) is 0 Å². The first-order valence-corrected chi connectivity index (χ1v) is 10.5. The van der Waals surface area contributed by atoms with Gasteiger partial charge in [-0.2, -0.15) is 0 Å². The van der Waals surface area contributed by atoms with Crippen LogP contribution in [0.5, 0.6) is 11.5 Å². The van der Waals surface area contributed by atoms with Gasteiger partial charge in [-0.3, -0.25) is 0 Å². The molecule has 158 valence electrons. The van der Waals surface area contributed by atoms with E-state index in [0.29, 0.717) is 17.4 Å². The van der Waals surface area contributed by atoms with Crippen molar-refractivity contribution in [2.24, 2.45) is 0 Å². The Labute approximate surface area is 177 Å². The molecule has 0 atom stereocenters. The lowest BCUT2D eigenvalue weighted by Gasteiger charge is -2.06. The molecule has 0 unspecified atom stereocenters. The number of benzene rings is 3. The summed E-state index contributed by atoms with van der Waals surface area (Å²) in [6, 6.07) is 21.5. The van der Waals surface area contributed by atoms with Crippen molar-refractivity contribution >= 4 is 0 Å². The molecule has 0 radical (unpaired) electrons. The first-order chi connectivity index (χ1) is 13.9. The van der Waals surface area contributed by atoms with Crippen LogP contribution in [0.25, 0.3) is 11.1 Å². The van der Waals surface area contributed by atoms with Gasteiger partial charge in [0.15, 0.2) is 0 Å². The van der Waals surface area contributed by atoms with E-state index in [0.717, 1.165) is 22.3 Å². The molecule has 3 aromatic rings. The van der Waals surface area contributed by atoms with Gasteiger partial charge in [-0.25, -0.2) is 0 Å². The third-order valence-electron chi connectivity index (χ3n) is 4.19. The molecule has 29 heavy (non-hydrogen) atoms. The van der Waals surface area contributed by atoms with Crippen LogP contribution in [0.2, 0.25) is 0 Å². The molecule has 0 amide bonds. The van der Waals surface area contributed by atoms with Gasteiger partial charge in [-0.1, -0.05) is 84.0 Å². The average Bonchev–Trinajstić information content (AvgIpc) is 2.76. The van der Waals surface area contributed by atoms with Gasteiger partial charge in [0.1, 0.15) is 11.5 Å². The Hall–Kier alpha value is -2.74. The second-order valence-electron chi connectivity index (χ2n) is 6.57. The van der Waals surface area contributed by atoms with E-state index >= 15 is 0 Å². The molecular weight excluding hydrogens is 356 g/mol. The number of rotatable bonds is 2. The molecule has 3 aromatic carbocycles. The minimum atomic E-state index is 0.305. The van der Waals surface area contributed by atoms with Crippen LogP contribution >= 0.6 is 0 Å². The van der Waals surface area contributed by atoms with Crippen molar-refractivity contribution in [1.29, 1.82) is 0 Å². The van der Waals surface area contributed by atoms with Gasteiger partial charge in [0, 0.05) is 0 Å². The third kappa shape index (κ3) is 8.87. The summed E-state index contributed by atoms with van der Waals surface area (Å²) in [5.74, 6) is 1.27. The van der Waals surface area contributed by atoms with E-state index < -0.39 is 0 Å². The Kier molecular flexibility index (Phi) is 12.9. The first kappa shape index (κ1) is 26.3. The van der Waals surface area contributed by atoms with Gasteiger partial charge in [0.2, 0.25) is 0 Å². The van der Waals surface area contributed by atoms with Gasteiger partial charge in [-0.05, 0) is 71.8 Å². The van der Waals surface area contributed by atoms with Gasteiger partial charge >= 0.3 is 0 Å². The third-order valence-corrected chi connectivity index (χ3v) is 4.19. The highest BCUT2D eigenvalue weighted by atomic mass is 16.3. The summed E-state index contributed by atoms with van der Waals surface area (Å²) in [5.41, 5.74) is 5.20.